The van der Waals surface area contributed by atoms with E-state index in [2.05, 4.69) is 6.58 Å². The van der Waals surface area contributed by atoms with Crippen LogP contribution in [0.25, 0.3) is 0 Å². The van der Waals surface area contributed by atoms with E-state index < -0.39 is 0 Å². The summed E-state index contributed by atoms with van der Waals surface area (Å²) in [7, 11) is 0. The molecule has 0 unspecified atom stereocenters. The molecule has 1 rings (SSSR count). The summed E-state index contributed by atoms with van der Waals surface area (Å²) in [6, 6.07) is 0. The van der Waals surface area contributed by atoms with Crippen molar-refractivity contribution in [2.24, 2.45) is 0 Å². The molecule has 0 radical (unpaired) electrons. The van der Waals surface area contributed by atoms with Gasteiger partial charge in [-0.3, -0.25) is 0 Å². The SMILES string of the molecule is C=C(C(=O)OCC)N1C(C)(C)CC(O)CC1(C)C. The van der Waals surface area contributed by atoms with Gasteiger partial charge in [0.05, 0.1) is 12.7 Å². The Morgan fingerprint density at radius 1 is 1.33 bits per heavy atom. The van der Waals surface area contributed by atoms with Crippen LogP contribution >= 0.6 is 0 Å². The molecule has 0 aromatic heterocycles. The fourth-order valence-electron chi connectivity index (χ4n) is 3.26. The largest absolute Gasteiger partial charge is 0.461 e. The maximum Gasteiger partial charge on any atom is 0.353 e. The summed E-state index contributed by atoms with van der Waals surface area (Å²) in [6.45, 7) is 14.1. The molecule has 1 fully saturated rings. The first-order valence-corrected chi connectivity index (χ1v) is 6.46. The van der Waals surface area contributed by atoms with Crippen molar-refractivity contribution in [1.29, 1.82) is 0 Å². The number of rotatable bonds is 3. The predicted octanol–water partition coefficient (Wildman–Crippen LogP) is 2.08. The van der Waals surface area contributed by atoms with Crippen LogP contribution in [0.15, 0.2) is 12.3 Å². The molecular weight excluding hydrogens is 230 g/mol. The number of piperidine rings is 1. The molecule has 1 N–H and O–H groups in total. The van der Waals surface area contributed by atoms with E-state index in [1.807, 2.05) is 32.6 Å². The number of aliphatic hydroxyl groups is 1. The van der Waals surface area contributed by atoms with E-state index in [0.29, 0.717) is 25.1 Å². The topological polar surface area (TPSA) is 49.8 Å². The quantitative estimate of drug-likeness (QED) is 0.619. The van der Waals surface area contributed by atoms with Gasteiger partial charge in [0.25, 0.3) is 0 Å². The van der Waals surface area contributed by atoms with Gasteiger partial charge in [-0.25, -0.2) is 4.79 Å². The number of esters is 1. The van der Waals surface area contributed by atoms with E-state index in [0.717, 1.165) is 0 Å². The lowest BCUT2D eigenvalue weighted by atomic mass is 9.77. The number of hydrogen-bond acceptors (Lipinski definition) is 4. The van der Waals surface area contributed by atoms with Gasteiger partial charge in [-0.15, -0.1) is 0 Å². The Balaban J connectivity index is 3.02. The molecule has 4 heteroatoms. The first kappa shape index (κ1) is 15.0. The van der Waals surface area contributed by atoms with Crippen LogP contribution < -0.4 is 0 Å². The Morgan fingerprint density at radius 3 is 2.17 bits per heavy atom. The Labute approximate surface area is 110 Å². The minimum absolute atomic E-state index is 0.314. The highest BCUT2D eigenvalue weighted by Gasteiger charge is 2.46. The highest BCUT2D eigenvalue weighted by atomic mass is 16.5. The maximum atomic E-state index is 11.9. The summed E-state index contributed by atoms with van der Waals surface area (Å²) in [5.41, 5.74) is -0.255. The minimum atomic E-state index is -0.380. The fraction of sp³-hybridized carbons (Fsp3) is 0.786. The van der Waals surface area contributed by atoms with Gasteiger partial charge < -0.3 is 14.7 Å². The molecule has 0 aromatic carbocycles. The molecule has 4 nitrogen and oxygen atoms in total. The van der Waals surface area contributed by atoms with Crippen LogP contribution in [-0.4, -0.2) is 39.8 Å². The summed E-state index contributed by atoms with van der Waals surface area (Å²) in [6.07, 6.45) is 0.894. The lowest BCUT2D eigenvalue weighted by Crippen LogP contribution is -2.61. The van der Waals surface area contributed by atoms with E-state index in [1.165, 1.54) is 0 Å². The van der Waals surface area contributed by atoms with Crippen LogP contribution in [0.4, 0.5) is 0 Å². The zero-order chi connectivity index (χ0) is 14.1. The summed E-state index contributed by atoms with van der Waals surface area (Å²) >= 11 is 0. The standard InChI is InChI=1S/C14H25NO3/c1-7-18-12(17)10(2)15-13(3,4)8-11(16)9-14(15,5)6/h11,16H,2,7-9H2,1,3-6H3. The normalized spacial score (nSPS) is 22.7. The monoisotopic (exact) mass is 255 g/mol. The van der Waals surface area contributed by atoms with Crippen LogP contribution in [0.2, 0.25) is 0 Å². The van der Waals surface area contributed by atoms with Crippen molar-refractivity contribution >= 4 is 5.97 Å². The molecule has 0 bridgehead atoms. The van der Waals surface area contributed by atoms with E-state index in [9.17, 15) is 9.90 Å². The van der Waals surface area contributed by atoms with Crippen molar-refractivity contribution < 1.29 is 14.6 Å². The van der Waals surface area contributed by atoms with E-state index in [1.54, 1.807) is 6.92 Å². The van der Waals surface area contributed by atoms with Crippen molar-refractivity contribution in [2.75, 3.05) is 6.61 Å². The van der Waals surface area contributed by atoms with E-state index >= 15 is 0 Å². The summed E-state index contributed by atoms with van der Waals surface area (Å²) in [4.78, 5) is 13.9. The maximum absolute atomic E-state index is 11.9. The summed E-state index contributed by atoms with van der Waals surface area (Å²) in [5, 5.41) is 9.95. The molecule has 0 aliphatic carbocycles. The van der Waals surface area contributed by atoms with Crippen LogP contribution in [-0.2, 0) is 9.53 Å². The zero-order valence-corrected chi connectivity index (χ0v) is 12.1. The Hall–Kier alpha value is -1.03. The third-order valence-corrected chi connectivity index (χ3v) is 3.46. The predicted molar refractivity (Wildman–Crippen MR) is 71.0 cm³/mol. The molecule has 1 saturated heterocycles. The lowest BCUT2D eigenvalue weighted by Gasteiger charge is -2.55. The molecule has 0 amide bonds. The Kier molecular flexibility index (Phi) is 4.11. The summed E-state index contributed by atoms with van der Waals surface area (Å²) in [5.74, 6) is -0.380. The van der Waals surface area contributed by atoms with Crippen molar-refractivity contribution in [3.8, 4) is 0 Å². The smallest absolute Gasteiger partial charge is 0.353 e. The number of likely N-dealkylation sites (tertiary alicyclic amines) is 1. The molecule has 1 heterocycles. The second-order valence-electron chi connectivity index (χ2n) is 6.19. The van der Waals surface area contributed by atoms with Crippen molar-refractivity contribution in [3.05, 3.63) is 12.3 Å². The number of aliphatic hydroxyl groups excluding tert-OH is 1. The molecule has 0 spiro atoms. The first-order valence-electron chi connectivity index (χ1n) is 6.46. The second-order valence-corrected chi connectivity index (χ2v) is 6.19. The molecule has 1 aliphatic heterocycles. The highest BCUT2D eigenvalue weighted by molar-refractivity contribution is 5.87. The molecule has 0 atom stereocenters. The minimum Gasteiger partial charge on any atom is -0.461 e. The average molecular weight is 255 g/mol. The Morgan fingerprint density at radius 2 is 1.78 bits per heavy atom. The molecule has 0 saturated carbocycles. The highest BCUT2D eigenvalue weighted by Crippen LogP contribution is 2.40. The van der Waals surface area contributed by atoms with E-state index in [-0.39, 0.29) is 23.2 Å². The lowest BCUT2D eigenvalue weighted by molar-refractivity contribution is -0.145. The number of carbonyl (C=O) groups excluding carboxylic acids is 1. The third-order valence-electron chi connectivity index (χ3n) is 3.46. The molecule has 1 aliphatic rings. The van der Waals surface area contributed by atoms with Crippen molar-refractivity contribution in [1.82, 2.24) is 4.90 Å². The van der Waals surface area contributed by atoms with Crippen molar-refractivity contribution in [3.63, 3.8) is 0 Å². The molecule has 18 heavy (non-hydrogen) atoms. The third kappa shape index (κ3) is 2.86. The first-order chi connectivity index (χ1) is 8.12. The molecule has 0 aromatic rings. The van der Waals surface area contributed by atoms with Gasteiger partial charge in [-0.2, -0.15) is 0 Å². The van der Waals surface area contributed by atoms with Crippen LogP contribution in [0.3, 0.4) is 0 Å². The van der Waals surface area contributed by atoms with Crippen LogP contribution in [0.5, 0.6) is 0 Å². The van der Waals surface area contributed by atoms with Crippen LogP contribution in [0.1, 0.15) is 47.5 Å². The van der Waals surface area contributed by atoms with Crippen LogP contribution in [0, 0.1) is 0 Å². The molecular formula is C14H25NO3. The van der Waals surface area contributed by atoms with Crippen molar-refractivity contribution in [2.45, 2.75) is 64.6 Å². The summed E-state index contributed by atoms with van der Waals surface area (Å²) < 4.78 is 5.03. The van der Waals surface area contributed by atoms with E-state index in [4.69, 9.17) is 4.74 Å². The van der Waals surface area contributed by atoms with Gasteiger partial charge in [0.2, 0.25) is 0 Å². The Bertz CT molecular complexity index is 329. The number of nitrogens with zero attached hydrogens (tertiary/aromatic N) is 1. The van der Waals surface area contributed by atoms with Gasteiger partial charge in [0, 0.05) is 11.1 Å². The zero-order valence-electron chi connectivity index (χ0n) is 12.1. The van der Waals surface area contributed by atoms with Gasteiger partial charge in [0.1, 0.15) is 5.70 Å². The van der Waals surface area contributed by atoms with Gasteiger partial charge in [-0.05, 0) is 47.5 Å². The van der Waals surface area contributed by atoms with Gasteiger partial charge in [-0.1, -0.05) is 6.58 Å². The fourth-order valence-corrected chi connectivity index (χ4v) is 3.26. The second kappa shape index (κ2) is 4.92. The van der Waals surface area contributed by atoms with Gasteiger partial charge >= 0.3 is 5.97 Å². The number of ether oxygens (including phenoxy) is 1. The number of carbonyl (C=O) groups is 1. The number of hydrogen-bond donors (Lipinski definition) is 1. The average Bonchev–Trinajstić information content (AvgIpc) is 2.12. The molecule has 104 valence electrons. The van der Waals surface area contributed by atoms with Gasteiger partial charge in [0.15, 0.2) is 0 Å².